The largest absolute Gasteiger partial charge is 0.351 e. The molecule has 1 aliphatic carbocycles. The maximum atomic E-state index is 12.3. The van der Waals surface area contributed by atoms with Crippen LogP contribution in [-0.4, -0.2) is 26.4 Å². The van der Waals surface area contributed by atoms with Gasteiger partial charge in [-0.25, -0.2) is 0 Å². The van der Waals surface area contributed by atoms with Gasteiger partial charge in [-0.1, -0.05) is 59.8 Å². The lowest BCUT2D eigenvalue weighted by Crippen LogP contribution is -2.24. The Morgan fingerprint density at radius 2 is 1.85 bits per heavy atom. The van der Waals surface area contributed by atoms with Crippen LogP contribution in [0.4, 0.5) is 0 Å². The van der Waals surface area contributed by atoms with Crippen molar-refractivity contribution in [3.8, 4) is 5.69 Å². The Labute approximate surface area is 163 Å². The number of nitrogens with zero attached hydrogens (tertiary/aromatic N) is 3. The van der Waals surface area contributed by atoms with Crippen LogP contribution in [0.3, 0.4) is 0 Å². The van der Waals surface area contributed by atoms with Crippen molar-refractivity contribution in [1.82, 2.24) is 20.1 Å². The van der Waals surface area contributed by atoms with E-state index in [0.29, 0.717) is 18.2 Å². The van der Waals surface area contributed by atoms with Crippen molar-refractivity contribution in [2.45, 2.75) is 37.4 Å². The average molecular weight is 379 g/mol. The van der Waals surface area contributed by atoms with Gasteiger partial charge in [0, 0.05) is 18.2 Å². The van der Waals surface area contributed by atoms with Gasteiger partial charge in [0.15, 0.2) is 5.16 Å². The molecule has 1 aliphatic rings. The molecule has 0 aliphatic heterocycles. The summed E-state index contributed by atoms with van der Waals surface area (Å²) < 4.78 is 2.09. The van der Waals surface area contributed by atoms with Crippen LogP contribution in [0.15, 0.2) is 59.8 Å². The number of para-hydroxylation sites is 1. The first kappa shape index (κ1) is 17.8. The van der Waals surface area contributed by atoms with Gasteiger partial charge in [-0.05, 0) is 37.5 Å². The molecule has 0 radical (unpaired) electrons. The van der Waals surface area contributed by atoms with Crippen LogP contribution in [0, 0.1) is 6.92 Å². The van der Waals surface area contributed by atoms with E-state index in [4.69, 9.17) is 0 Å². The average Bonchev–Trinajstić information content (AvgIpc) is 3.46. The van der Waals surface area contributed by atoms with Crippen molar-refractivity contribution in [1.29, 1.82) is 0 Å². The number of rotatable bonds is 7. The third kappa shape index (κ3) is 4.39. The first-order valence-corrected chi connectivity index (χ1v) is 10.1. The molecule has 5 nitrogen and oxygen atoms in total. The molecule has 1 heterocycles. The smallest absolute Gasteiger partial charge is 0.230 e. The predicted octanol–water partition coefficient (Wildman–Crippen LogP) is 3.86. The Hall–Kier alpha value is -2.60. The summed E-state index contributed by atoms with van der Waals surface area (Å²) in [6.45, 7) is 2.59. The summed E-state index contributed by atoms with van der Waals surface area (Å²) in [4.78, 5) is 12.3. The number of carbonyl (C=O) groups is 1. The van der Waals surface area contributed by atoms with E-state index >= 15 is 0 Å². The zero-order chi connectivity index (χ0) is 18.6. The van der Waals surface area contributed by atoms with Crippen molar-refractivity contribution in [2.75, 3.05) is 5.75 Å². The van der Waals surface area contributed by atoms with E-state index in [9.17, 15) is 4.79 Å². The lowest BCUT2D eigenvalue weighted by Gasteiger charge is -2.10. The van der Waals surface area contributed by atoms with Gasteiger partial charge < -0.3 is 5.32 Å². The second kappa shape index (κ2) is 7.96. The number of carbonyl (C=O) groups excluding carboxylic acids is 1. The molecule has 27 heavy (non-hydrogen) atoms. The fraction of sp³-hybridized carbons (Fsp3) is 0.286. The van der Waals surface area contributed by atoms with Crippen LogP contribution < -0.4 is 5.32 Å². The Balaban J connectivity index is 1.41. The van der Waals surface area contributed by atoms with Crippen molar-refractivity contribution in [2.24, 2.45) is 0 Å². The molecule has 1 aromatic heterocycles. The minimum absolute atomic E-state index is 0.00356. The predicted molar refractivity (Wildman–Crippen MR) is 107 cm³/mol. The van der Waals surface area contributed by atoms with Gasteiger partial charge in [-0.2, -0.15) is 0 Å². The number of hydrogen-bond donors (Lipinski definition) is 1. The van der Waals surface area contributed by atoms with E-state index in [2.05, 4.69) is 51.3 Å². The Morgan fingerprint density at radius 3 is 2.56 bits per heavy atom. The van der Waals surface area contributed by atoms with Crippen molar-refractivity contribution < 1.29 is 4.79 Å². The fourth-order valence-electron chi connectivity index (χ4n) is 2.89. The lowest BCUT2D eigenvalue weighted by molar-refractivity contribution is -0.118. The molecule has 0 saturated heterocycles. The molecular weight excluding hydrogens is 356 g/mol. The normalized spacial score (nSPS) is 13.5. The first-order chi connectivity index (χ1) is 13.2. The molecule has 3 aromatic rings. The highest BCUT2D eigenvalue weighted by Gasteiger charge is 2.31. The van der Waals surface area contributed by atoms with Crippen LogP contribution in [0.2, 0.25) is 0 Å². The molecule has 1 amide bonds. The maximum Gasteiger partial charge on any atom is 0.230 e. The van der Waals surface area contributed by atoms with Crippen LogP contribution in [-0.2, 0) is 11.3 Å². The first-order valence-electron chi connectivity index (χ1n) is 9.16. The topological polar surface area (TPSA) is 59.8 Å². The SMILES string of the molecule is Cc1ccc(CNC(=O)CSc2nnc(C3CC3)n2-c2ccccc2)cc1. The highest BCUT2D eigenvalue weighted by Crippen LogP contribution is 2.41. The number of nitrogens with one attached hydrogen (secondary N) is 1. The molecule has 138 valence electrons. The number of aromatic nitrogens is 3. The van der Waals surface area contributed by atoms with Gasteiger partial charge in [0.05, 0.1) is 5.75 Å². The summed E-state index contributed by atoms with van der Waals surface area (Å²) in [6, 6.07) is 18.3. The molecule has 2 aromatic carbocycles. The number of benzene rings is 2. The van der Waals surface area contributed by atoms with Crippen molar-refractivity contribution >= 4 is 17.7 Å². The molecule has 6 heteroatoms. The van der Waals surface area contributed by atoms with Crippen LogP contribution >= 0.6 is 11.8 Å². The third-order valence-corrected chi connectivity index (χ3v) is 5.49. The highest BCUT2D eigenvalue weighted by atomic mass is 32.2. The molecule has 0 bridgehead atoms. The summed E-state index contributed by atoms with van der Waals surface area (Å²) in [7, 11) is 0. The maximum absolute atomic E-state index is 12.3. The zero-order valence-electron chi connectivity index (χ0n) is 15.3. The Bertz CT molecular complexity index is 917. The lowest BCUT2D eigenvalue weighted by atomic mass is 10.1. The summed E-state index contributed by atoms with van der Waals surface area (Å²) in [5, 5.41) is 12.5. The summed E-state index contributed by atoms with van der Waals surface area (Å²) in [5.74, 6) is 1.81. The monoisotopic (exact) mass is 378 g/mol. The van der Waals surface area contributed by atoms with Gasteiger partial charge in [-0.15, -0.1) is 10.2 Å². The van der Waals surface area contributed by atoms with E-state index < -0.39 is 0 Å². The quantitative estimate of drug-likeness (QED) is 0.634. The number of amides is 1. The Morgan fingerprint density at radius 1 is 1.11 bits per heavy atom. The molecule has 1 fully saturated rings. The molecule has 0 spiro atoms. The van der Waals surface area contributed by atoms with Crippen LogP contribution in [0.5, 0.6) is 0 Å². The minimum atomic E-state index is -0.00356. The molecule has 0 atom stereocenters. The van der Waals surface area contributed by atoms with Gasteiger partial charge in [-0.3, -0.25) is 9.36 Å². The van der Waals surface area contributed by atoms with Crippen molar-refractivity contribution in [3.63, 3.8) is 0 Å². The minimum Gasteiger partial charge on any atom is -0.351 e. The van der Waals surface area contributed by atoms with Gasteiger partial charge in [0.25, 0.3) is 0 Å². The fourth-order valence-corrected chi connectivity index (χ4v) is 3.68. The van der Waals surface area contributed by atoms with E-state index in [1.54, 1.807) is 0 Å². The molecule has 1 saturated carbocycles. The second-order valence-electron chi connectivity index (χ2n) is 6.84. The molecular formula is C21H22N4OS. The molecule has 4 rings (SSSR count). The number of hydrogen-bond acceptors (Lipinski definition) is 4. The van der Waals surface area contributed by atoms with E-state index in [1.807, 2.05) is 30.3 Å². The van der Waals surface area contributed by atoms with Crippen LogP contribution in [0.1, 0.15) is 35.7 Å². The van der Waals surface area contributed by atoms with Crippen LogP contribution in [0.25, 0.3) is 5.69 Å². The second-order valence-corrected chi connectivity index (χ2v) is 7.78. The van der Waals surface area contributed by atoms with E-state index in [-0.39, 0.29) is 5.91 Å². The molecule has 0 unspecified atom stereocenters. The van der Waals surface area contributed by atoms with E-state index in [0.717, 1.165) is 35.1 Å². The summed E-state index contributed by atoms with van der Waals surface area (Å²) in [5.41, 5.74) is 3.36. The number of thioether (sulfide) groups is 1. The Kier molecular flexibility index (Phi) is 5.25. The number of aryl methyl sites for hydroxylation is 1. The van der Waals surface area contributed by atoms with Gasteiger partial charge >= 0.3 is 0 Å². The highest BCUT2D eigenvalue weighted by molar-refractivity contribution is 7.99. The molecule has 1 N–H and O–H groups in total. The standard InChI is InChI=1S/C21H22N4OS/c1-15-7-9-16(10-8-15)13-22-19(26)14-27-21-24-23-20(17-11-12-17)25(21)18-5-3-2-4-6-18/h2-10,17H,11-14H2,1H3,(H,22,26). The zero-order valence-corrected chi connectivity index (χ0v) is 16.1. The summed E-state index contributed by atoms with van der Waals surface area (Å²) >= 11 is 1.43. The van der Waals surface area contributed by atoms with Crippen molar-refractivity contribution in [3.05, 3.63) is 71.5 Å². The van der Waals surface area contributed by atoms with Gasteiger partial charge in [0.1, 0.15) is 5.82 Å². The third-order valence-electron chi connectivity index (χ3n) is 4.56. The summed E-state index contributed by atoms with van der Waals surface area (Å²) in [6.07, 6.45) is 2.32. The van der Waals surface area contributed by atoms with Gasteiger partial charge in [0.2, 0.25) is 5.91 Å². The van der Waals surface area contributed by atoms with E-state index in [1.165, 1.54) is 17.3 Å².